The summed E-state index contributed by atoms with van der Waals surface area (Å²) in [6, 6.07) is 5.48. The first-order valence-electron chi connectivity index (χ1n) is 6.12. The van der Waals surface area contributed by atoms with Crippen LogP contribution in [0.2, 0.25) is 0 Å². The van der Waals surface area contributed by atoms with Gasteiger partial charge in [0, 0.05) is 17.9 Å². The molecule has 4 nitrogen and oxygen atoms in total. The molecule has 2 N–H and O–H groups in total. The van der Waals surface area contributed by atoms with E-state index in [9.17, 15) is 13.6 Å². The number of benzene rings is 1. The van der Waals surface area contributed by atoms with E-state index >= 15 is 0 Å². The Kier molecular flexibility index (Phi) is 4.31. The predicted octanol–water partition coefficient (Wildman–Crippen LogP) is 1.83. The van der Waals surface area contributed by atoms with E-state index in [-0.39, 0.29) is 18.9 Å². The maximum absolute atomic E-state index is 12.0. The van der Waals surface area contributed by atoms with Crippen molar-refractivity contribution >= 4 is 17.3 Å². The molecule has 0 fully saturated rings. The number of nitrogens with zero attached hydrogens (tertiary/aromatic N) is 1. The Balaban J connectivity index is 1.90. The minimum Gasteiger partial charge on any atom is -0.399 e. The van der Waals surface area contributed by atoms with Crippen LogP contribution in [0.3, 0.4) is 0 Å². The third-order valence-corrected chi connectivity index (χ3v) is 3.01. The molecule has 0 bridgehead atoms. The van der Waals surface area contributed by atoms with E-state index in [1.54, 1.807) is 17.0 Å². The van der Waals surface area contributed by atoms with Crippen molar-refractivity contribution in [3.8, 4) is 0 Å². The third kappa shape index (κ3) is 3.41. The standard InChI is InChI=1S/C13H16F2N2O2/c14-12(15)8-19-6-4-13(18)17-5-3-9-1-2-10(16)7-11(9)17/h1-2,7,12H,3-6,8,16H2. The van der Waals surface area contributed by atoms with Crippen LogP contribution in [-0.2, 0) is 16.0 Å². The number of amides is 1. The minimum absolute atomic E-state index is 0.0112. The number of alkyl halides is 2. The van der Waals surface area contributed by atoms with Crippen LogP contribution in [0.15, 0.2) is 18.2 Å². The molecule has 0 saturated carbocycles. The lowest BCUT2D eigenvalue weighted by Gasteiger charge is -2.17. The molecule has 0 spiro atoms. The lowest BCUT2D eigenvalue weighted by Crippen LogP contribution is -2.29. The second kappa shape index (κ2) is 5.97. The average molecular weight is 270 g/mol. The number of nitrogen functional groups attached to an aromatic ring is 1. The van der Waals surface area contributed by atoms with Crippen LogP contribution in [0.5, 0.6) is 0 Å². The minimum atomic E-state index is -2.50. The Labute approximate surface area is 110 Å². The fourth-order valence-electron chi connectivity index (χ4n) is 2.12. The monoisotopic (exact) mass is 270 g/mol. The number of ether oxygens (including phenoxy) is 1. The summed E-state index contributed by atoms with van der Waals surface area (Å²) in [5.41, 5.74) is 8.20. The molecule has 19 heavy (non-hydrogen) atoms. The van der Waals surface area contributed by atoms with E-state index in [1.807, 2.05) is 6.07 Å². The maximum Gasteiger partial charge on any atom is 0.261 e. The van der Waals surface area contributed by atoms with Crippen molar-refractivity contribution < 1.29 is 18.3 Å². The molecule has 0 unspecified atom stereocenters. The zero-order valence-corrected chi connectivity index (χ0v) is 10.4. The first-order valence-corrected chi connectivity index (χ1v) is 6.12. The molecule has 1 aromatic carbocycles. The Morgan fingerprint density at radius 1 is 1.47 bits per heavy atom. The average Bonchev–Trinajstić information content (AvgIpc) is 2.77. The second-order valence-electron chi connectivity index (χ2n) is 4.40. The van der Waals surface area contributed by atoms with Gasteiger partial charge >= 0.3 is 0 Å². The summed E-state index contributed by atoms with van der Waals surface area (Å²) < 4.78 is 28.4. The fraction of sp³-hybridized carbons (Fsp3) is 0.462. The number of halogens is 2. The molecule has 104 valence electrons. The first-order chi connectivity index (χ1) is 9.08. The predicted molar refractivity (Wildman–Crippen MR) is 68.4 cm³/mol. The molecule has 1 heterocycles. The second-order valence-corrected chi connectivity index (χ2v) is 4.40. The SMILES string of the molecule is Nc1ccc2c(c1)N(C(=O)CCOCC(F)F)CC2. The van der Waals surface area contributed by atoms with Gasteiger partial charge in [0.05, 0.1) is 13.0 Å². The van der Waals surface area contributed by atoms with E-state index in [0.717, 1.165) is 17.7 Å². The molecule has 1 aromatic rings. The van der Waals surface area contributed by atoms with Crippen LogP contribution in [0.25, 0.3) is 0 Å². The molecule has 0 radical (unpaired) electrons. The third-order valence-electron chi connectivity index (χ3n) is 3.01. The van der Waals surface area contributed by atoms with E-state index in [0.29, 0.717) is 12.2 Å². The van der Waals surface area contributed by atoms with Gasteiger partial charge in [-0.05, 0) is 24.1 Å². The van der Waals surface area contributed by atoms with Crippen molar-refractivity contribution in [3.05, 3.63) is 23.8 Å². The molecule has 1 aliphatic rings. The van der Waals surface area contributed by atoms with Crippen molar-refractivity contribution in [3.63, 3.8) is 0 Å². The molecule has 0 saturated heterocycles. The van der Waals surface area contributed by atoms with Crippen LogP contribution in [-0.4, -0.2) is 32.1 Å². The molecule has 0 aromatic heterocycles. The van der Waals surface area contributed by atoms with Gasteiger partial charge in [0.2, 0.25) is 5.91 Å². The van der Waals surface area contributed by atoms with Crippen molar-refractivity contribution in [1.29, 1.82) is 0 Å². The Hall–Kier alpha value is -1.69. The van der Waals surface area contributed by atoms with Gasteiger partial charge in [-0.25, -0.2) is 8.78 Å². The molecule has 1 aliphatic heterocycles. The van der Waals surface area contributed by atoms with Gasteiger partial charge in [-0.2, -0.15) is 0 Å². The maximum atomic E-state index is 12.0. The molecular formula is C13H16F2N2O2. The van der Waals surface area contributed by atoms with E-state index in [1.165, 1.54) is 0 Å². The molecule has 0 atom stereocenters. The summed E-state index contributed by atoms with van der Waals surface area (Å²) in [6.07, 6.45) is -1.61. The van der Waals surface area contributed by atoms with Gasteiger partial charge < -0.3 is 15.4 Å². The van der Waals surface area contributed by atoms with Crippen molar-refractivity contribution in [2.45, 2.75) is 19.3 Å². The molecule has 2 rings (SSSR count). The summed E-state index contributed by atoms with van der Waals surface area (Å²) >= 11 is 0. The first kappa shape index (κ1) is 13.7. The summed E-state index contributed by atoms with van der Waals surface area (Å²) in [6.45, 7) is -0.0133. The fourth-order valence-corrected chi connectivity index (χ4v) is 2.12. The highest BCUT2D eigenvalue weighted by atomic mass is 19.3. The van der Waals surface area contributed by atoms with E-state index in [4.69, 9.17) is 10.5 Å². The summed E-state index contributed by atoms with van der Waals surface area (Å²) in [5, 5.41) is 0. The highest BCUT2D eigenvalue weighted by molar-refractivity contribution is 5.96. The highest BCUT2D eigenvalue weighted by Gasteiger charge is 2.24. The number of nitrogens with two attached hydrogens (primary N) is 1. The topological polar surface area (TPSA) is 55.6 Å². The normalized spacial score (nSPS) is 13.9. The molecule has 0 aliphatic carbocycles. The Bertz CT molecular complexity index is 466. The number of hydrogen-bond donors (Lipinski definition) is 1. The Morgan fingerprint density at radius 2 is 2.26 bits per heavy atom. The van der Waals surface area contributed by atoms with Gasteiger partial charge in [0.25, 0.3) is 6.43 Å². The quantitative estimate of drug-likeness (QED) is 0.656. The number of carbonyl (C=O) groups excluding carboxylic acids is 1. The van der Waals surface area contributed by atoms with Gasteiger partial charge in [-0.1, -0.05) is 6.07 Å². The van der Waals surface area contributed by atoms with Crippen LogP contribution in [0, 0.1) is 0 Å². The lowest BCUT2D eigenvalue weighted by molar-refractivity contribution is -0.120. The van der Waals surface area contributed by atoms with Crippen LogP contribution >= 0.6 is 0 Å². The zero-order chi connectivity index (χ0) is 13.8. The largest absolute Gasteiger partial charge is 0.399 e. The number of rotatable bonds is 5. The van der Waals surface area contributed by atoms with Crippen LogP contribution in [0.1, 0.15) is 12.0 Å². The van der Waals surface area contributed by atoms with Gasteiger partial charge in [-0.3, -0.25) is 4.79 Å². The number of fused-ring (bicyclic) bond motifs is 1. The van der Waals surface area contributed by atoms with Crippen LogP contribution < -0.4 is 10.6 Å². The summed E-state index contributed by atoms with van der Waals surface area (Å²) in [7, 11) is 0. The van der Waals surface area contributed by atoms with Crippen molar-refractivity contribution in [2.75, 3.05) is 30.4 Å². The Morgan fingerprint density at radius 3 is 3.00 bits per heavy atom. The molecule has 1 amide bonds. The van der Waals surface area contributed by atoms with E-state index < -0.39 is 13.0 Å². The van der Waals surface area contributed by atoms with Crippen molar-refractivity contribution in [2.24, 2.45) is 0 Å². The number of carbonyl (C=O) groups is 1. The van der Waals surface area contributed by atoms with Crippen LogP contribution in [0.4, 0.5) is 20.2 Å². The smallest absolute Gasteiger partial charge is 0.261 e. The lowest BCUT2D eigenvalue weighted by atomic mass is 10.1. The highest BCUT2D eigenvalue weighted by Crippen LogP contribution is 2.30. The van der Waals surface area contributed by atoms with Gasteiger partial charge in [0.15, 0.2) is 0 Å². The zero-order valence-electron chi connectivity index (χ0n) is 10.4. The number of hydrogen-bond acceptors (Lipinski definition) is 3. The summed E-state index contributed by atoms with van der Waals surface area (Å²) in [5.74, 6) is -0.126. The molecular weight excluding hydrogens is 254 g/mol. The van der Waals surface area contributed by atoms with E-state index in [2.05, 4.69) is 0 Å². The van der Waals surface area contributed by atoms with Crippen molar-refractivity contribution in [1.82, 2.24) is 0 Å². The molecule has 6 heteroatoms. The van der Waals surface area contributed by atoms with Gasteiger partial charge in [0.1, 0.15) is 6.61 Å². The summed E-state index contributed by atoms with van der Waals surface area (Å²) in [4.78, 5) is 13.6. The number of anilines is 2. The van der Waals surface area contributed by atoms with Gasteiger partial charge in [-0.15, -0.1) is 0 Å².